The molecular formula is C24H16Cl2N6O2S. The summed E-state index contributed by atoms with van der Waals surface area (Å²) in [6.45, 7) is 0. The Kier molecular flexibility index (Phi) is 6.21. The normalized spacial score (nSPS) is 11.4. The minimum Gasteiger partial charge on any atom is -0.340 e. The highest BCUT2D eigenvalue weighted by Crippen LogP contribution is 2.28. The van der Waals surface area contributed by atoms with E-state index in [-0.39, 0.29) is 15.9 Å². The van der Waals surface area contributed by atoms with Gasteiger partial charge < -0.3 is 5.32 Å². The van der Waals surface area contributed by atoms with Gasteiger partial charge in [0.25, 0.3) is 10.0 Å². The fourth-order valence-corrected chi connectivity index (χ4v) is 4.54. The predicted molar refractivity (Wildman–Crippen MR) is 138 cm³/mol. The number of para-hydroxylation sites is 1. The summed E-state index contributed by atoms with van der Waals surface area (Å²) in [6, 6.07) is 24.1. The van der Waals surface area contributed by atoms with Crippen LogP contribution in [0, 0.1) is 0 Å². The highest BCUT2D eigenvalue weighted by molar-refractivity contribution is 7.92. The molecule has 2 aromatic heterocycles. The number of aromatic nitrogens is 4. The quantitative estimate of drug-likeness (QED) is 0.284. The molecule has 0 spiro atoms. The molecule has 0 aliphatic heterocycles. The van der Waals surface area contributed by atoms with Gasteiger partial charge in [0.2, 0.25) is 0 Å². The summed E-state index contributed by atoms with van der Waals surface area (Å²) < 4.78 is 27.8. The fourth-order valence-electron chi connectivity index (χ4n) is 3.32. The Bertz CT molecular complexity index is 1610. The minimum absolute atomic E-state index is 0.0641. The van der Waals surface area contributed by atoms with Gasteiger partial charge in [0.15, 0.2) is 16.8 Å². The first-order valence-electron chi connectivity index (χ1n) is 10.3. The average Bonchev–Trinajstić information content (AvgIpc) is 2.86. The van der Waals surface area contributed by atoms with E-state index >= 15 is 0 Å². The molecule has 0 bridgehead atoms. The van der Waals surface area contributed by atoms with E-state index in [1.807, 2.05) is 36.4 Å². The number of hydrogen-bond acceptors (Lipinski definition) is 7. The number of rotatable bonds is 6. The molecule has 5 aromatic rings. The Morgan fingerprint density at radius 2 is 1.49 bits per heavy atom. The lowest BCUT2D eigenvalue weighted by Crippen LogP contribution is -2.14. The molecule has 0 aliphatic carbocycles. The molecule has 0 saturated heterocycles. The van der Waals surface area contributed by atoms with E-state index in [1.165, 1.54) is 24.3 Å². The average molecular weight is 523 g/mol. The summed E-state index contributed by atoms with van der Waals surface area (Å²) in [4.78, 5) is 9.44. The molecule has 0 amide bonds. The molecule has 5 rings (SSSR count). The molecule has 2 N–H and O–H groups in total. The van der Waals surface area contributed by atoms with Crippen LogP contribution in [-0.4, -0.2) is 28.6 Å². The summed E-state index contributed by atoms with van der Waals surface area (Å²) in [7, 11) is -3.86. The fraction of sp³-hybridized carbons (Fsp3) is 0. The number of anilines is 3. The van der Waals surface area contributed by atoms with Crippen molar-refractivity contribution < 1.29 is 8.42 Å². The van der Waals surface area contributed by atoms with E-state index in [1.54, 1.807) is 24.3 Å². The predicted octanol–water partition coefficient (Wildman–Crippen LogP) is 5.94. The molecule has 35 heavy (non-hydrogen) atoms. The lowest BCUT2D eigenvalue weighted by molar-refractivity contribution is 0.601. The molecule has 3 aromatic carbocycles. The highest BCUT2D eigenvalue weighted by Gasteiger charge is 2.16. The number of nitrogens with zero attached hydrogens (tertiary/aromatic N) is 4. The Morgan fingerprint density at radius 3 is 2.20 bits per heavy atom. The maximum Gasteiger partial charge on any atom is 0.263 e. The van der Waals surface area contributed by atoms with Gasteiger partial charge in [-0.05, 0) is 72.8 Å². The Morgan fingerprint density at radius 1 is 0.743 bits per heavy atom. The van der Waals surface area contributed by atoms with Crippen LogP contribution in [0.15, 0.2) is 89.8 Å². The number of benzene rings is 3. The third kappa shape index (κ3) is 5.17. The van der Waals surface area contributed by atoms with Gasteiger partial charge in [-0.15, -0.1) is 10.2 Å². The SMILES string of the molecule is O=S(=O)(Nc1ccc(Cl)nn1)c1ccc(Nc2nc(-c3ccc(Cl)cc3)nc3ccccc23)cc1. The molecule has 0 fully saturated rings. The van der Waals surface area contributed by atoms with Crippen LogP contribution >= 0.6 is 23.2 Å². The zero-order valence-electron chi connectivity index (χ0n) is 17.9. The highest BCUT2D eigenvalue weighted by atomic mass is 35.5. The van der Waals surface area contributed by atoms with Crippen molar-refractivity contribution in [3.8, 4) is 11.4 Å². The third-order valence-corrected chi connectivity index (χ3v) is 6.83. The zero-order chi connectivity index (χ0) is 24.4. The largest absolute Gasteiger partial charge is 0.340 e. The van der Waals surface area contributed by atoms with Crippen molar-refractivity contribution in [2.75, 3.05) is 10.0 Å². The van der Waals surface area contributed by atoms with Crippen molar-refractivity contribution in [3.63, 3.8) is 0 Å². The Balaban J connectivity index is 1.44. The van der Waals surface area contributed by atoms with Crippen LogP contribution in [0.25, 0.3) is 22.3 Å². The topological polar surface area (TPSA) is 110 Å². The number of sulfonamides is 1. The molecule has 0 unspecified atom stereocenters. The summed E-state index contributed by atoms with van der Waals surface area (Å²) in [5.74, 6) is 1.19. The molecule has 0 aliphatic rings. The van der Waals surface area contributed by atoms with E-state index in [9.17, 15) is 8.42 Å². The van der Waals surface area contributed by atoms with Gasteiger partial charge in [0.1, 0.15) is 5.82 Å². The Hall–Kier alpha value is -3.79. The molecule has 2 heterocycles. The van der Waals surface area contributed by atoms with Crippen LogP contribution in [0.1, 0.15) is 0 Å². The number of nitrogens with one attached hydrogen (secondary N) is 2. The summed E-state index contributed by atoms with van der Waals surface area (Å²) in [5.41, 5.74) is 2.24. The van der Waals surface area contributed by atoms with Crippen molar-refractivity contribution in [2.24, 2.45) is 0 Å². The monoisotopic (exact) mass is 522 g/mol. The van der Waals surface area contributed by atoms with Gasteiger partial charge >= 0.3 is 0 Å². The second kappa shape index (κ2) is 9.46. The molecule has 0 saturated carbocycles. The second-order valence-electron chi connectivity index (χ2n) is 7.42. The Labute approximate surface area is 211 Å². The molecule has 0 atom stereocenters. The van der Waals surface area contributed by atoms with Crippen LogP contribution in [0.4, 0.5) is 17.3 Å². The van der Waals surface area contributed by atoms with Crippen LogP contribution in [0.5, 0.6) is 0 Å². The standard InChI is InChI=1S/C24H16Cl2N6O2S/c25-16-7-5-15(6-8-16)23-28-20-4-2-1-3-19(20)24(29-23)27-17-9-11-18(12-10-17)35(33,34)32-22-14-13-21(26)30-31-22/h1-14H,(H,31,32)(H,27,28,29). The second-order valence-corrected chi connectivity index (χ2v) is 9.92. The molecule has 174 valence electrons. The van der Waals surface area contributed by atoms with E-state index in [4.69, 9.17) is 28.2 Å². The van der Waals surface area contributed by atoms with Crippen molar-refractivity contribution >= 4 is 61.5 Å². The lowest BCUT2D eigenvalue weighted by Gasteiger charge is -2.12. The van der Waals surface area contributed by atoms with Gasteiger partial charge in [-0.25, -0.2) is 18.4 Å². The van der Waals surface area contributed by atoms with Crippen molar-refractivity contribution in [1.29, 1.82) is 0 Å². The number of fused-ring (bicyclic) bond motifs is 1. The van der Waals surface area contributed by atoms with E-state index in [2.05, 4.69) is 25.2 Å². The van der Waals surface area contributed by atoms with E-state index in [0.29, 0.717) is 22.4 Å². The summed E-state index contributed by atoms with van der Waals surface area (Å²) in [5, 5.41) is 12.2. The smallest absolute Gasteiger partial charge is 0.263 e. The van der Waals surface area contributed by atoms with Gasteiger partial charge in [-0.1, -0.05) is 35.3 Å². The van der Waals surface area contributed by atoms with Gasteiger partial charge in [-0.3, -0.25) is 4.72 Å². The lowest BCUT2D eigenvalue weighted by atomic mass is 10.2. The molecule has 8 nitrogen and oxygen atoms in total. The molecule has 0 radical (unpaired) electrons. The van der Waals surface area contributed by atoms with Crippen LogP contribution < -0.4 is 10.0 Å². The first-order chi connectivity index (χ1) is 16.9. The maximum atomic E-state index is 12.7. The van der Waals surface area contributed by atoms with E-state index < -0.39 is 10.0 Å². The summed E-state index contributed by atoms with van der Waals surface area (Å²) >= 11 is 11.7. The third-order valence-electron chi connectivity index (χ3n) is 5.00. The van der Waals surface area contributed by atoms with Crippen molar-refractivity contribution in [1.82, 2.24) is 20.2 Å². The number of halogens is 2. The van der Waals surface area contributed by atoms with Crippen LogP contribution in [-0.2, 0) is 10.0 Å². The van der Waals surface area contributed by atoms with Crippen molar-refractivity contribution in [2.45, 2.75) is 4.90 Å². The van der Waals surface area contributed by atoms with Gasteiger partial charge in [0, 0.05) is 21.7 Å². The number of hydrogen-bond donors (Lipinski definition) is 2. The maximum absolute atomic E-state index is 12.7. The van der Waals surface area contributed by atoms with Gasteiger partial charge in [-0.2, -0.15) is 0 Å². The van der Waals surface area contributed by atoms with Gasteiger partial charge in [0.05, 0.1) is 10.4 Å². The van der Waals surface area contributed by atoms with Crippen molar-refractivity contribution in [3.05, 3.63) is 95.1 Å². The summed E-state index contributed by atoms with van der Waals surface area (Å²) in [6.07, 6.45) is 0. The minimum atomic E-state index is -3.86. The molecule has 11 heteroatoms. The first-order valence-corrected chi connectivity index (χ1v) is 12.5. The first kappa shape index (κ1) is 23.0. The molecular weight excluding hydrogens is 507 g/mol. The van der Waals surface area contributed by atoms with Crippen LogP contribution in [0.3, 0.4) is 0 Å². The van der Waals surface area contributed by atoms with Crippen LogP contribution in [0.2, 0.25) is 10.2 Å². The van der Waals surface area contributed by atoms with E-state index in [0.717, 1.165) is 16.5 Å². The zero-order valence-corrected chi connectivity index (χ0v) is 20.2.